The van der Waals surface area contributed by atoms with Crippen LogP contribution in [0.3, 0.4) is 0 Å². The molecule has 0 radical (unpaired) electrons. The van der Waals surface area contributed by atoms with E-state index in [-0.39, 0.29) is 11.8 Å². The van der Waals surface area contributed by atoms with Crippen LogP contribution in [0.1, 0.15) is 28.3 Å². The van der Waals surface area contributed by atoms with Gasteiger partial charge in [0.15, 0.2) is 5.82 Å². The van der Waals surface area contributed by atoms with Crippen LogP contribution in [-0.4, -0.2) is 38.6 Å². The van der Waals surface area contributed by atoms with Crippen LogP contribution in [0.2, 0.25) is 0 Å². The van der Waals surface area contributed by atoms with Crippen LogP contribution in [0, 0.1) is 6.92 Å². The fourth-order valence-electron chi connectivity index (χ4n) is 2.35. The van der Waals surface area contributed by atoms with E-state index in [1.165, 1.54) is 11.3 Å². The second kappa shape index (κ2) is 8.34. The van der Waals surface area contributed by atoms with Gasteiger partial charge in [-0.05, 0) is 53.4 Å². The number of aryl methyl sites for hydroxylation is 1. The first-order chi connectivity index (χ1) is 12.6. The second-order valence-corrected chi connectivity index (χ2v) is 6.52. The van der Waals surface area contributed by atoms with E-state index in [1.807, 2.05) is 23.6 Å². The number of hydrogen-bond donors (Lipinski definition) is 2. The van der Waals surface area contributed by atoms with E-state index >= 15 is 0 Å². The summed E-state index contributed by atoms with van der Waals surface area (Å²) in [6, 6.07) is 10.9. The van der Waals surface area contributed by atoms with Gasteiger partial charge in [-0.2, -0.15) is 4.68 Å². The Bertz CT molecular complexity index is 890. The third kappa shape index (κ3) is 4.51. The van der Waals surface area contributed by atoms with Gasteiger partial charge >= 0.3 is 0 Å². The van der Waals surface area contributed by atoms with Crippen molar-refractivity contribution in [2.45, 2.75) is 19.8 Å². The summed E-state index contributed by atoms with van der Waals surface area (Å²) in [6.45, 7) is 2.25. The van der Waals surface area contributed by atoms with E-state index in [0.29, 0.717) is 35.8 Å². The number of rotatable bonds is 7. The molecule has 2 aromatic heterocycles. The molecule has 0 unspecified atom stereocenters. The number of carbonyl (C=O) groups excluding carboxylic acids is 2. The monoisotopic (exact) mass is 370 g/mol. The Balaban J connectivity index is 1.46. The minimum atomic E-state index is -0.110. The van der Waals surface area contributed by atoms with Gasteiger partial charge in [-0.3, -0.25) is 9.59 Å². The van der Waals surface area contributed by atoms with E-state index < -0.39 is 0 Å². The largest absolute Gasteiger partial charge is 0.351 e. The molecule has 0 bridgehead atoms. The quantitative estimate of drug-likeness (QED) is 0.621. The van der Waals surface area contributed by atoms with Gasteiger partial charge in [0.05, 0.1) is 10.6 Å². The minimum Gasteiger partial charge on any atom is -0.351 e. The van der Waals surface area contributed by atoms with Crippen molar-refractivity contribution < 1.29 is 9.59 Å². The molecule has 9 heteroatoms. The predicted octanol–water partition coefficient (Wildman–Crippen LogP) is 2.18. The third-order valence-electron chi connectivity index (χ3n) is 3.61. The van der Waals surface area contributed by atoms with Gasteiger partial charge in [0.25, 0.3) is 5.91 Å². The maximum atomic E-state index is 12.1. The highest BCUT2D eigenvalue weighted by molar-refractivity contribution is 7.12. The van der Waals surface area contributed by atoms with Crippen molar-refractivity contribution in [3.63, 3.8) is 0 Å². The zero-order valence-corrected chi connectivity index (χ0v) is 15.0. The van der Waals surface area contributed by atoms with E-state index in [1.54, 1.807) is 29.8 Å². The zero-order valence-electron chi connectivity index (χ0n) is 14.2. The van der Waals surface area contributed by atoms with Crippen molar-refractivity contribution >= 4 is 28.8 Å². The Labute approximate surface area is 154 Å². The number of hydrogen-bond acceptors (Lipinski definition) is 6. The van der Waals surface area contributed by atoms with Crippen LogP contribution in [0.25, 0.3) is 5.69 Å². The summed E-state index contributed by atoms with van der Waals surface area (Å²) in [5.74, 6) is 0.445. The molecule has 2 N–H and O–H groups in total. The standard InChI is InChI=1S/C17H18N6O2S/c1-12-20-21-22-23(12)14-6-2-5-13(11-14)19-16(24)8-3-9-18-17(25)15-7-4-10-26-15/h2,4-7,10-11H,3,8-9H2,1H3,(H,18,25)(H,19,24). The predicted molar refractivity (Wildman–Crippen MR) is 98.4 cm³/mol. The van der Waals surface area contributed by atoms with Crippen LogP contribution in [0.15, 0.2) is 41.8 Å². The average Bonchev–Trinajstić information content (AvgIpc) is 3.30. The van der Waals surface area contributed by atoms with Crippen molar-refractivity contribution in [2.75, 3.05) is 11.9 Å². The lowest BCUT2D eigenvalue weighted by atomic mass is 10.2. The second-order valence-electron chi connectivity index (χ2n) is 5.57. The number of benzene rings is 1. The Morgan fingerprint density at radius 2 is 2.12 bits per heavy atom. The first-order valence-corrected chi connectivity index (χ1v) is 8.98. The minimum absolute atomic E-state index is 0.107. The highest BCUT2D eigenvalue weighted by atomic mass is 32.1. The number of nitrogens with one attached hydrogen (secondary N) is 2. The van der Waals surface area contributed by atoms with E-state index in [0.717, 1.165) is 5.69 Å². The highest BCUT2D eigenvalue weighted by Gasteiger charge is 2.08. The van der Waals surface area contributed by atoms with Gasteiger partial charge in [0, 0.05) is 18.7 Å². The zero-order chi connectivity index (χ0) is 18.4. The molecule has 0 fully saturated rings. The number of nitrogens with zero attached hydrogens (tertiary/aromatic N) is 4. The number of tetrazole rings is 1. The summed E-state index contributed by atoms with van der Waals surface area (Å²) in [5, 5.41) is 18.9. The topological polar surface area (TPSA) is 102 Å². The molecule has 0 atom stereocenters. The molecule has 0 aliphatic carbocycles. The summed E-state index contributed by atoms with van der Waals surface area (Å²) < 4.78 is 1.59. The number of thiophene rings is 1. The smallest absolute Gasteiger partial charge is 0.261 e. The Hall–Kier alpha value is -3.07. The summed E-state index contributed by atoms with van der Waals surface area (Å²) in [5.41, 5.74) is 1.44. The molecular weight excluding hydrogens is 352 g/mol. The van der Waals surface area contributed by atoms with Crippen LogP contribution in [-0.2, 0) is 4.79 Å². The molecule has 0 aliphatic rings. The first-order valence-electron chi connectivity index (χ1n) is 8.10. The maximum absolute atomic E-state index is 12.1. The maximum Gasteiger partial charge on any atom is 0.261 e. The molecule has 0 spiro atoms. The molecule has 2 heterocycles. The van der Waals surface area contributed by atoms with Crippen molar-refractivity contribution in [3.8, 4) is 5.69 Å². The van der Waals surface area contributed by atoms with Gasteiger partial charge in [-0.1, -0.05) is 12.1 Å². The van der Waals surface area contributed by atoms with Gasteiger partial charge in [0.2, 0.25) is 5.91 Å². The molecule has 3 aromatic rings. The molecule has 2 amide bonds. The van der Waals surface area contributed by atoms with Crippen LogP contribution in [0.5, 0.6) is 0 Å². The van der Waals surface area contributed by atoms with Gasteiger partial charge in [0.1, 0.15) is 0 Å². The van der Waals surface area contributed by atoms with E-state index in [9.17, 15) is 9.59 Å². The number of carbonyl (C=O) groups is 2. The molecule has 1 aromatic carbocycles. The van der Waals surface area contributed by atoms with Gasteiger partial charge < -0.3 is 10.6 Å². The molecular formula is C17H18N6O2S. The lowest BCUT2D eigenvalue weighted by molar-refractivity contribution is -0.116. The number of aromatic nitrogens is 4. The highest BCUT2D eigenvalue weighted by Crippen LogP contribution is 2.15. The van der Waals surface area contributed by atoms with Crippen LogP contribution in [0.4, 0.5) is 5.69 Å². The Morgan fingerprint density at radius 3 is 2.85 bits per heavy atom. The molecule has 134 valence electrons. The molecule has 26 heavy (non-hydrogen) atoms. The van der Waals surface area contributed by atoms with Gasteiger partial charge in [-0.15, -0.1) is 16.4 Å². The van der Waals surface area contributed by atoms with Crippen LogP contribution >= 0.6 is 11.3 Å². The summed E-state index contributed by atoms with van der Waals surface area (Å²) in [6.07, 6.45) is 0.883. The summed E-state index contributed by atoms with van der Waals surface area (Å²) >= 11 is 1.39. The summed E-state index contributed by atoms with van der Waals surface area (Å²) in [7, 11) is 0. The molecule has 3 rings (SSSR count). The lowest BCUT2D eigenvalue weighted by Gasteiger charge is -2.08. The number of anilines is 1. The van der Waals surface area contributed by atoms with E-state index in [4.69, 9.17) is 0 Å². The lowest BCUT2D eigenvalue weighted by Crippen LogP contribution is -2.24. The Morgan fingerprint density at radius 1 is 1.23 bits per heavy atom. The third-order valence-corrected chi connectivity index (χ3v) is 4.48. The SMILES string of the molecule is Cc1nnnn1-c1cccc(NC(=O)CCCNC(=O)c2cccs2)c1. The van der Waals surface area contributed by atoms with E-state index in [2.05, 4.69) is 26.2 Å². The van der Waals surface area contributed by atoms with Crippen molar-refractivity contribution in [1.29, 1.82) is 0 Å². The fraction of sp³-hybridized carbons (Fsp3) is 0.235. The first kappa shape index (κ1) is 17.7. The Kier molecular flexibility index (Phi) is 5.69. The fourth-order valence-corrected chi connectivity index (χ4v) is 2.99. The average molecular weight is 370 g/mol. The van der Waals surface area contributed by atoms with Crippen molar-refractivity contribution in [2.24, 2.45) is 0 Å². The summed E-state index contributed by atoms with van der Waals surface area (Å²) in [4.78, 5) is 24.6. The normalized spacial score (nSPS) is 10.5. The van der Waals surface area contributed by atoms with Crippen LogP contribution < -0.4 is 10.6 Å². The molecule has 0 saturated heterocycles. The number of amides is 2. The van der Waals surface area contributed by atoms with Crippen molar-refractivity contribution in [3.05, 3.63) is 52.5 Å². The molecule has 8 nitrogen and oxygen atoms in total. The molecule has 0 aliphatic heterocycles. The van der Waals surface area contributed by atoms with Gasteiger partial charge in [-0.25, -0.2) is 0 Å². The molecule has 0 saturated carbocycles. The van der Waals surface area contributed by atoms with Crippen molar-refractivity contribution in [1.82, 2.24) is 25.5 Å².